The van der Waals surface area contributed by atoms with Crippen LogP contribution >= 0.6 is 0 Å². The fraction of sp³-hybridized carbons (Fsp3) is 0.0976. The van der Waals surface area contributed by atoms with Gasteiger partial charge < -0.3 is 17.9 Å². The summed E-state index contributed by atoms with van der Waals surface area (Å²) in [6.45, 7) is 14.2. The van der Waals surface area contributed by atoms with Crippen LogP contribution in [0.15, 0.2) is 243 Å². The minimum atomic E-state index is -0.121. The standard InChI is InChI=1S/C82H58N4/c1-81(2,3)51-43-59(49-33-35-69-60(39-49)57-29-17-19-31-67(57)83(69)53-23-9-7-10-24-53)77-62(44-51)63-45-52(82(4,5)6)46-66-76-71(85(77)78(63)66)37-38-72-75(76)65-41-48-22-14-16-28-56(48)74-64-40-47-21-13-15-27-55(47)73(79(64)86(72)80(65)74)50-34-36-70-61(42-50)58-30-18-20-32-68(58)84(70)54-25-11-8-12-26-54/h7-46H,1-6H3. The van der Waals surface area contributed by atoms with Gasteiger partial charge in [0.15, 0.2) is 0 Å². The van der Waals surface area contributed by atoms with Crippen molar-refractivity contribution >= 4 is 141 Å². The van der Waals surface area contributed by atoms with Crippen LogP contribution in [0.25, 0.3) is 175 Å². The SMILES string of the molecule is CC(C)(C)c1cc(-c2ccc3c(c2)c2ccccc2n3-c2ccccc2)c2c(c1)c1cc(C(C)(C)C)cc3c4c5c6cc7ccccc7c7c8cc9ccccc9c(-c9ccc%10c(c9)c9ccccc9n%10-c9ccccc9)c8n(c5ccc4n2c13)c67. The Bertz CT molecular complexity index is 6130. The first-order chi connectivity index (χ1) is 42.0. The zero-order valence-electron chi connectivity index (χ0n) is 48.9. The van der Waals surface area contributed by atoms with E-state index in [4.69, 9.17) is 0 Å². The van der Waals surface area contributed by atoms with Gasteiger partial charge in [-0.3, -0.25) is 0 Å². The summed E-state index contributed by atoms with van der Waals surface area (Å²) in [5, 5.41) is 20.4. The monoisotopic (exact) mass is 1100 g/mol. The third-order valence-corrected chi connectivity index (χ3v) is 19.6. The average Bonchev–Trinajstić information content (AvgIpc) is 1.50. The Morgan fingerprint density at radius 3 is 1.27 bits per heavy atom. The smallest absolute Gasteiger partial charge is 0.0627 e. The lowest BCUT2D eigenvalue weighted by Gasteiger charge is -2.22. The van der Waals surface area contributed by atoms with Crippen LogP contribution in [0.5, 0.6) is 0 Å². The maximum atomic E-state index is 2.68. The molecule has 0 N–H and O–H groups in total. The van der Waals surface area contributed by atoms with E-state index < -0.39 is 0 Å². The molecule has 406 valence electrons. The van der Waals surface area contributed by atoms with Crippen molar-refractivity contribution in [1.29, 1.82) is 0 Å². The molecule has 0 amide bonds. The number of nitrogens with zero attached hydrogens (tertiary/aromatic N) is 4. The van der Waals surface area contributed by atoms with Crippen LogP contribution in [0.4, 0.5) is 0 Å². The van der Waals surface area contributed by atoms with Gasteiger partial charge in [0.1, 0.15) is 0 Å². The van der Waals surface area contributed by atoms with Crippen LogP contribution in [0.3, 0.4) is 0 Å². The molecule has 6 heterocycles. The van der Waals surface area contributed by atoms with E-state index in [2.05, 4.69) is 302 Å². The summed E-state index contributed by atoms with van der Waals surface area (Å²) in [6, 6.07) is 92.2. The van der Waals surface area contributed by atoms with E-state index in [0.717, 1.165) is 5.69 Å². The maximum absolute atomic E-state index is 2.68. The Morgan fingerprint density at radius 2 is 0.674 bits per heavy atom. The highest BCUT2D eigenvalue weighted by molar-refractivity contribution is 6.40. The van der Waals surface area contributed by atoms with Gasteiger partial charge >= 0.3 is 0 Å². The summed E-state index contributed by atoms with van der Waals surface area (Å²) < 4.78 is 10.2. The minimum Gasteiger partial charge on any atom is -0.309 e. The summed E-state index contributed by atoms with van der Waals surface area (Å²) >= 11 is 0. The van der Waals surface area contributed by atoms with Crippen LogP contribution in [0, 0.1) is 0 Å². The second kappa shape index (κ2) is 16.7. The molecule has 13 aromatic carbocycles. The lowest BCUT2D eigenvalue weighted by Crippen LogP contribution is -2.11. The molecule has 4 nitrogen and oxygen atoms in total. The normalized spacial score (nSPS) is 13.0. The van der Waals surface area contributed by atoms with E-state index in [1.54, 1.807) is 0 Å². The predicted octanol–water partition coefficient (Wildman–Crippen LogP) is 22.4. The molecule has 19 aromatic rings. The van der Waals surface area contributed by atoms with Crippen LogP contribution in [0.2, 0.25) is 0 Å². The van der Waals surface area contributed by atoms with E-state index in [-0.39, 0.29) is 10.8 Å². The first kappa shape index (κ1) is 48.0. The first-order valence-electron chi connectivity index (χ1n) is 30.4. The van der Waals surface area contributed by atoms with Gasteiger partial charge in [0, 0.05) is 87.1 Å². The molecule has 86 heavy (non-hydrogen) atoms. The van der Waals surface area contributed by atoms with Gasteiger partial charge in [-0.05, 0) is 164 Å². The summed E-state index contributed by atoms with van der Waals surface area (Å²) in [7, 11) is 0. The molecule has 0 unspecified atom stereocenters. The average molecular weight is 1100 g/mol. The van der Waals surface area contributed by atoms with Crippen molar-refractivity contribution in [1.82, 2.24) is 17.9 Å². The second-order valence-corrected chi connectivity index (χ2v) is 26.4. The van der Waals surface area contributed by atoms with E-state index in [1.807, 2.05) is 0 Å². The Hall–Kier alpha value is -10.4. The Balaban J connectivity index is 0.968. The largest absolute Gasteiger partial charge is 0.309 e. The minimum absolute atomic E-state index is 0.104. The highest BCUT2D eigenvalue weighted by Crippen LogP contribution is 2.53. The Kier molecular flexibility index (Phi) is 9.31. The van der Waals surface area contributed by atoms with Gasteiger partial charge in [-0.1, -0.05) is 175 Å². The fourth-order valence-electron chi connectivity index (χ4n) is 15.7. The Morgan fingerprint density at radius 1 is 0.256 bits per heavy atom. The van der Waals surface area contributed by atoms with Crippen molar-refractivity contribution in [2.75, 3.05) is 0 Å². The Labute approximate surface area is 496 Å². The highest BCUT2D eigenvalue weighted by Gasteiger charge is 2.31. The molecule has 0 aliphatic heterocycles. The molecule has 0 aliphatic rings. The van der Waals surface area contributed by atoms with E-state index >= 15 is 0 Å². The topological polar surface area (TPSA) is 18.7 Å². The quantitative estimate of drug-likeness (QED) is 0.167. The molecular formula is C82H58N4. The van der Waals surface area contributed by atoms with Gasteiger partial charge in [0.05, 0.1) is 55.2 Å². The summed E-state index contributed by atoms with van der Waals surface area (Å²) in [5.41, 5.74) is 22.1. The maximum Gasteiger partial charge on any atom is 0.0627 e. The van der Waals surface area contributed by atoms with Crippen LogP contribution in [0.1, 0.15) is 52.7 Å². The molecule has 4 heteroatoms. The molecule has 0 saturated carbocycles. The number of hydrogen-bond acceptors (Lipinski definition) is 0. The molecule has 0 bridgehead atoms. The zero-order valence-corrected chi connectivity index (χ0v) is 48.9. The fourth-order valence-corrected chi connectivity index (χ4v) is 15.7. The molecule has 0 radical (unpaired) electrons. The third-order valence-electron chi connectivity index (χ3n) is 19.6. The molecule has 0 aliphatic carbocycles. The summed E-state index contributed by atoms with van der Waals surface area (Å²) in [6.07, 6.45) is 0. The van der Waals surface area contributed by atoms with Gasteiger partial charge in [0.2, 0.25) is 0 Å². The molecule has 6 aromatic heterocycles. The lowest BCUT2D eigenvalue weighted by atomic mass is 9.83. The van der Waals surface area contributed by atoms with E-state index in [9.17, 15) is 0 Å². The van der Waals surface area contributed by atoms with Crippen molar-refractivity contribution in [3.63, 3.8) is 0 Å². The molecular weight excluding hydrogens is 1040 g/mol. The van der Waals surface area contributed by atoms with Crippen molar-refractivity contribution in [3.8, 4) is 33.6 Å². The van der Waals surface area contributed by atoms with Gasteiger partial charge in [-0.25, -0.2) is 0 Å². The molecule has 0 saturated heterocycles. The van der Waals surface area contributed by atoms with Crippen molar-refractivity contribution in [2.24, 2.45) is 0 Å². The number of rotatable bonds is 4. The number of fused-ring (bicyclic) bond motifs is 22. The third kappa shape index (κ3) is 6.27. The van der Waals surface area contributed by atoms with Crippen LogP contribution in [-0.4, -0.2) is 17.9 Å². The lowest BCUT2D eigenvalue weighted by molar-refractivity contribution is 0.591. The van der Waals surface area contributed by atoms with Crippen molar-refractivity contribution in [2.45, 2.75) is 52.4 Å². The highest BCUT2D eigenvalue weighted by atomic mass is 15.0. The zero-order chi connectivity index (χ0) is 57.2. The van der Waals surface area contributed by atoms with Crippen LogP contribution < -0.4 is 0 Å². The number of benzene rings is 13. The molecule has 0 fully saturated rings. The summed E-state index contributed by atoms with van der Waals surface area (Å²) in [4.78, 5) is 0. The second-order valence-electron chi connectivity index (χ2n) is 26.4. The first-order valence-corrected chi connectivity index (χ1v) is 30.4. The molecule has 19 rings (SSSR count). The van der Waals surface area contributed by atoms with E-state index in [1.165, 1.54) is 180 Å². The number of aromatic nitrogens is 4. The number of para-hydroxylation sites is 4. The van der Waals surface area contributed by atoms with Gasteiger partial charge in [0.25, 0.3) is 0 Å². The summed E-state index contributed by atoms with van der Waals surface area (Å²) in [5.74, 6) is 0. The van der Waals surface area contributed by atoms with Gasteiger partial charge in [-0.2, -0.15) is 0 Å². The van der Waals surface area contributed by atoms with Crippen molar-refractivity contribution < 1.29 is 0 Å². The molecule has 0 atom stereocenters. The van der Waals surface area contributed by atoms with Crippen molar-refractivity contribution in [3.05, 3.63) is 254 Å². The van der Waals surface area contributed by atoms with Crippen LogP contribution in [-0.2, 0) is 10.8 Å². The van der Waals surface area contributed by atoms with Gasteiger partial charge in [-0.15, -0.1) is 0 Å². The van der Waals surface area contributed by atoms with E-state index in [0.29, 0.717) is 0 Å². The predicted molar refractivity (Wildman–Crippen MR) is 368 cm³/mol. The number of hydrogen-bond donors (Lipinski definition) is 0. The molecule has 0 spiro atoms.